The molecule has 2 atom stereocenters. The van der Waals surface area contributed by atoms with E-state index < -0.39 is 0 Å². The van der Waals surface area contributed by atoms with Crippen molar-refractivity contribution in [3.63, 3.8) is 0 Å². The van der Waals surface area contributed by atoms with Crippen LogP contribution < -0.4 is 0 Å². The normalized spacial score (nSPS) is 20.4. The first-order valence-corrected chi connectivity index (χ1v) is 9.58. The van der Waals surface area contributed by atoms with E-state index in [9.17, 15) is 5.11 Å². The van der Waals surface area contributed by atoms with Crippen LogP contribution in [0, 0.1) is 0 Å². The quantitative estimate of drug-likeness (QED) is 0.542. The molecule has 0 amide bonds. The molecule has 25 heavy (non-hydrogen) atoms. The summed E-state index contributed by atoms with van der Waals surface area (Å²) in [5.74, 6) is 0.980. The minimum atomic E-state index is -0.0657. The third-order valence-corrected chi connectivity index (χ3v) is 5.55. The van der Waals surface area contributed by atoms with Crippen LogP contribution >= 0.6 is 11.8 Å². The zero-order valence-corrected chi connectivity index (χ0v) is 14.7. The number of thioether (sulfide) groups is 1. The number of aliphatic hydroxyl groups excluding tert-OH is 1. The summed E-state index contributed by atoms with van der Waals surface area (Å²) in [6, 6.07) is 12.6. The summed E-state index contributed by atoms with van der Waals surface area (Å²) < 4.78 is 7.95. The highest BCUT2D eigenvalue weighted by molar-refractivity contribution is 7.99. The number of rotatable bonds is 6. The second-order valence-electron chi connectivity index (χ2n) is 6.20. The Kier molecular flexibility index (Phi) is 5.01. The number of aromatic nitrogens is 3. The molecule has 130 valence electrons. The van der Waals surface area contributed by atoms with Crippen molar-refractivity contribution < 1.29 is 9.84 Å². The zero-order valence-electron chi connectivity index (χ0n) is 13.9. The number of aliphatic hydroxyl groups is 1. The van der Waals surface area contributed by atoms with Gasteiger partial charge in [0, 0.05) is 11.9 Å². The molecule has 1 aliphatic rings. The van der Waals surface area contributed by atoms with E-state index in [0.29, 0.717) is 0 Å². The summed E-state index contributed by atoms with van der Waals surface area (Å²) in [5, 5.41) is 11.3. The van der Waals surface area contributed by atoms with Crippen LogP contribution in [0.4, 0.5) is 0 Å². The molecule has 1 fully saturated rings. The van der Waals surface area contributed by atoms with Crippen molar-refractivity contribution in [1.29, 1.82) is 0 Å². The van der Waals surface area contributed by atoms with Crippen molar-refractivity contribution in [2.24, 2.45) is 0 Å². The highest BCUT2D eigenvalue weighted by Gasteiger charge is 2.27. The molecule has 4 rings (SSSR count). The number of nitrogens with zero attached hydrogens (tertiary/aromatic N) is 3. The molecule has 1 saturated heterocycles. The fraction of sp³-hybridized carbons (Fsp3) is 0.368. The summed E-state index contributed by atoms with van der Waals surface area (Å²) in [6.07, 6.45) is 6.32. The van der Waals surface area contributed by atoms with Gasteiger partial charge in [0.1, 0.15) is 23.2 Å². The van der Waals surface area contributed by atoms with E-state index in [0.717, 1.165) is 41.1 Å². The van der Waals surface area contributed by atoms with Gasteiger partial charge in [-0.15, -0.1) is 11.8 Å². The first kappa shape index (κ1) is 16.6. The molecule has 0 saturated carbocycles. The first-order chi connectivity index (χ1) is 12.3. The second-order valence-corrected chi connectivity index (χ2v) is 7.28. The third-order valence-electron chi connectivity index (χ3n) is 4.54. The van der Waals surface area contributed by atoms with E-state index >= 15 is 0 Å². The van der Waals surface area contributed by atoms with Gasteiger partial charge < -0.3 is 14.4 Å². The predicted molar refractivity (Wildman–Crippen MR) is 98.6 cm³/mol. The van der Waals surface area contributed by atoms with E-state index in [-0.39, 0.29) is 18.9 Å². The fourth-order valence-corrected chi connectivity index (χ4v) is 4.20. The van der Waals surface area contributed by atoms with E-state index in [2.05, 4.69) is 44.9 Å². The van der Waals surface area contributed by atoms with E-state index in [1.54, 1.807) is 18.1 Å². The molecular weight excluding hydrogens is 334 g/mol. The summed E-state index contributed by atoms with van der Waals surface area (Å²) >= 11 is 1.76. The number of fused-ring (bicyclic) bond motifs is 1. The number of aryl methyl sites for hydroxylation is 1. The van der Waals surface area contributed by atoms with Gasteiger partial charge in [0.25, 0.3) is 0 Å². The van der Waals surface area contributed by atoms with Gasteiger partial charge in [-0.2, -0.15) is 0 Å². The summed E-state index contributed by atoms with van der Waals surface area (Å²) in [5.41, 5.74) is 2.24. The van der Waals surface area contributed by atoms with E-state index in [4.69, 9.17) is 4.74 Å². The van der Waals surface area contributed by atoms with Crippen molar-refractivity contribution in [3.05, 3.63) is 54.5 Å². The molecule has 1 N–H and O–H groups in total. The molecule has 0 spiro atoms. The Morgan fingerprint density at radius 2 is 2.04 bits per heavy atom. The van der Waals surface area contributed by atoms with Gasteiger partial charge in [-0.05, 0) is 30.9 Å². The minimum Gasteiger partial charge on any atom is -0.394 e. The van der Waals surface area contributed by atoms with Gasteiger partial charge in [0.2, 0.25) is 0 Å². The largest absolute Gasteiger partial charge is 0.394 e. The van der Waals surface area contributed by atoms with Crippen LogP contribution in [0.15, 0.2) is 53.9 Å². The molecule has 1 aromatic carbocycles. The summed E-state index contributed by atoms with van der Waals surface area (Å²) in [4.78, 5) is 8.93. The summed E-state index contributed by atoms with van der Waals surface area (Å²) in [6.45, 7) is 0.0747. The molecule has 0 radical (unpaired) electrons. The minimum absolute atomic E-state index is 0.0493. The fourth-order valence-electron chi connectivity index (χ4n) is 3.23. The number of hydrogen-bond donors (Lipinski definition) is 1. The van der Waals surface area contributed by atoms with Gasteiger partial charge >= 0.3 is 0 Å². The van der Waals surface area contributed by atoms with Gasteiger partial charge in [-0.1, -0.05) is 30.3 Å². The van der Waals surface area contributed by atoms with Crippen LogP contribution in [0.3, 0.4) is 0 Å². The maximum atomic E-state index is 9.27. The average Bonchev–Trinajstić information content (AvgIpc) is 3.29. The monoisotopic (exact) mass is 355 g/mol. The number of hydrogen-bond acceptors (Lipinski definition) is 5. The van der Waals surface area contributed by atoms with Crippen LogP contribution in [-0.2, 0) is 11.2 Å². The molecular formula is C19H21N3O2S. The maximum Gasteiger partial charge on any atom is 0.146 e. The lowest BCUT2D eigenvalue weighted by Crippen LogP contribution is -2.14. The lowest BCUT2D eigenvalue weighted by molar-refractivity contribution is -0.0204. The zero-order chi connectivity index (χ0) is 17.1. The Morgan fingerprint density at radius 1 is 1.16 bits per heavy atom. The molecule has 3 aromatic rings. The molecule has 2 aromatic heterocycles. The molecule has 0 bridgehead atoms. The predicted octanol–water partition coefficient (Wildman–Crippen LogP) is 3.44. The van der Waals surface area contributed by atoms with Crippen molar-refractivity contribution >= 4 is 22.8 Å². The van der Waals surface area contributed by atoms with Crippen LogP contribution in [0.25, 0.3) is 11.0 Å². The van der Waals surface area contributed by atoms with Gasteiger partial charge in [-0.3, -0.25) is 0 Å². The highest BCUT2D eigenvalue weighted by Crippen LogP contribution is 2.33. The second kappa shape index (κ2) is 7.56. The Hall–Kier alpha value is -1.89. The van der Waals surface area contributed by atoms with Crippen LogP contribution in [0.2, 0.25) is 0 Å². The number of benzene rings is 1. The Balaban J connectivity index is 1.49. The van der Waals surface area contributed by atoms with Crippen molar-refractivity contribution in [2.45, 2.75) is 36.6 Å². The highest BCUT2D eigenvalue weighted by atomic mass is 32.2. The van der Waals surface area contributed by atoms with Crippen LogP contribution in [-0.4, -0.2) is 38.1 Å². The van der Waals surface area contributed by atoms with Crippen molar-refractivity contribution in [2.75, 3.05) is 12.4 Å². The molecule has 5 nitrogen and oxygen atoms in total. The maximum absolute atomic E-state index is 9.27. The lowest BCUT2D eigenvalue weighted by Gasteiger charge is -2.14. The molecule has 3 heterocycles. The molecule has 1 aliphatic heterocycles. The average molecular weight is 355 g/mol. The Morgan fingerprint density at radius 3 is 2.84 bits per heavy atom. The number of ether oxygens (including phenoxy) is 1. The van der Waals surface area contributed by atoms with Crippen LogP contribution in [0.1, 0.15) is 24.6 Å². The van der Waals surface area contributed by atoms with Gasteiger partial charge in [0.05, 0.1) is 18.1 Å². The Bertz CT molecular complexity index is 837. The summed E-state index contributed by atoms with van der Waals surface area (Å²) in [7, 11) is 0. The standard InChI is InChI=1S/C19H21N3O2S/c23-12-15-6-7-17(24-15)22-10-8-16-18(22)20-13-21-19(16)25-11-9-14-4-2-1-3-5-14/h1-5,8,10,13,15,17,23H,6-7,9,11-12H2/t15-,17?/m0/s1. The van der Waals surface area contributed by atoms with Gasteiger partial charge in [0.15, 0.2) is 0 Å². The van der Waals surface area contributed by atoms with Crippen molar-refractivity contribution in [1.82, 2.24) is 14.5 Å². The van der Waals surface area contributed by atoms with Crippen LogP contribution in [0.5, 0.6) is 0 Å². The van der Waals surface area contributed by atoms with Crippen molar-refractivity contribution in [3.8, 4) is 0 Å². The van der Waals surface area contributed by atoms with E-state index in [1.165, 1.54) is 5.56 Å². The SMILES string of the molecule is OC[C@@H]1CCC(n2ccc3c(SCCc4ccccc4)ncnc32)O1. The smallest absolute Gasteiger partial charge is 0.146 e. The molecule has 6 heteroatoms. The lowest BCUT2D eigenvalue weighted by atomic mass is 10.2. The van der Waals surface area contributed by atoms with Gasteiger partial charge in [-0.25, -0.2) is 9.97 Å². The van der Waals surface area contributed by atoms with E-state index in [1.807, 2.05) is 12.3 Å². The molecule has 0 aliphatic carbocycles. The Labute approximate surface area is 151 Å². The molecule has 1 unspecified atom stereocenters. The first-order valence-electron chi connectivity index (χ1n) is 8.60. The third kappa shape index (κ3) is 3.56. The topological polar surface area (TPSA) is 60.2 Å².